The Kier molecular flexibility index (Phi) is 6.70. The second-order valence-corrected chi connectivity index (χ2v) is 8.34. The predicted octanol–water partition coefficient (Wildman–Crippen LogP) is 5.22. The van der Waals surface area contributed by atoms with Crippen LogP contribution in [0.15, 0.2) is 59.3 Å². The van der Waals surface area contributed by atoms with Crippen LogP contribution in [0.4, 0.5) is 4.39 Å². The van der Waals surface area contributed by atoms with Crippen molar-refractivity contribution in [3.8, 4) is 17.1 Å². The van der Waals surface area contributed by atoms with Gasteiger partial charge >= 0.3 is 0 Å². The maximum Gasteiger partial charge on any atom is 0.191 e. The van der Waals surface area contributed by atoms with Crippen LogP contribution >= 0.6 is 23.1 Å². The first-order chi connectivity index (χ1) is 14.7. The van der Waals surface area contributed by atoms with Gasteiger partial charge in [-0.25, -0.2) is 9.37 Å². The predicted molar refractivity (Wildman–Crippen MR) is 116 cm³/mol. The van der Waals surface area contributed by atoms with Crippen molar-refractivity contribution in [2.24, 2.45) is 0 Å². The first-order valence-electron chi connectivity index (χ1n) is 9.51. The first-order valence-corrected chi connectivity index (χ1v) is 11.4. The fourth-order valence-corrected chi connectivity index (χ4v) is 4.50. The lowest BCUT2D eigenvalue weighted by molar-refractivity contribution is 0.305. The van der Waals surface area contributed by atoms with Crippen LogP contribution in [0.2, 0.25) is 0 Å². The Bertz CT molecular complexity index is 1080. The number of hydrogen-bond acceptors (Lipinski definition) is 7. The molecule has 0 unspecified atom stereocenters. The molecule has 154 valence electrons. The molecule has 0 fully saturated rings. The number of thioether (sulfide) groups is 1. The standard InChI is InChI=1S/C21H20FN5OS2/c1-2-11-27-20(15-7-9-23-10-8-15)25-26-21(27)30-14-17-13-29-19(24-17)12-28-18-5-3-16(22)4-6-18/h3-10,13H,2,11-12,14H2,1H3. The second kappa shape index (κ2) is 9.82. The van der Waals surface area contributed by atoms with Crippen molar-refractivity contribution in [2.45, 2.75) is 37.4 Å². The SMILES string of the molecule is CCCn1c(SCc2csc(COc3ccc(F)cc3)n2)nnc1-c1ccncc1. The Morgan fingerprint density at radius 3 is 2.67 bits per heavy atom. The molecule has 9 heteroatoms. The summed E-state index contributed by atoms with van der Waals surface area (Å²) in [6.45, 7) is 3.35. The minimum atomic E-state index is -0.279. The highest BCUT2D eigenvalue weighted by atomic mass is 32.2. The quantitative estimate of drug-likeness (QED) is 0.332. The van der Waals surface area contributed by atoms with Gasteiger partial charge in [0.25, 0.3) is 0 Å². The van der Waals surface area contributed by atoms with E-state index in [-0.39, 0.29) is 5.82 Å². The zero-order valence-corrected chi connectivity index (χ0v) is 18.0. The third-order valence-corrected chi connectivity index (χ3v) is 6.10. The van der Waals surface area contributed by atoms with E-state index in [2.05, 4.69) is 31.7 Å². The molecule has 0 aliphatic carbocycles. The molecule has 0 saturated carbocycles. The molecule has 0 radical (unpaired) electrons. The zero-order chi connectivity index (χ0) is 20.8. The molecule has 4 aromatic rings. The molecule has 0 aliphatic rings. The summed E-state index contributed by atoms with van der Waals surface area (Å²) in [4.78, 5) is 8.70. The number of benzene rings is 1. The van der Waals surface area contributed by atoms with Crippen molar-refractivity contribution in [2.75, 3.05) is 0 Å². The molecule has 0 bridgehead atoms. The van der Waals surface area contributed by atoms with Crippen LogP contribution in [0.3, 0.4) is 0 Å². The number of hydrogen-bond donors (Lipinski definition) is 0. The van der Waals surface area contributed by atoms with Crippen LogP contribution in [0.5, 0.6) is 5.75 Å². The molecule has 0 atom stereocenters. The Morgan fingerprint density at radius 1 is 1.10 bits per heavy atom. The van der Waals surface area contributed by atoms with Gasteiger partial charge in [-0.3, -0.25) is 4.98 Å². The number of rotatable bonds is 9. The minimum absolute atomic E-state index is 0.279. The maximum absolute atomic E-state index is 13.0. The first kappa shape index (κ1) is 20.5. The molecule has 1 aromatic carbocycles. The molecule has 0 aliphatic heterocycles. The zero-order valence-electron chi connectivity index (χ0n) is 16.4. The Balaban J connectivity index is 1.39. The Hall–Kier alpha value is -2.78. The maximum atomic E-state index is 13.0. The highest BCUT2D eigenvalue weighted by Crippen LogP contribution is 2.27. The third kappa shape index (κ3) is 5.03. The van der Waals surface area contributed by atoms with Gasteiger partial charge in [-0.2, -0.15) is 0 Å². The summed E-state index contributed by atoms with van der Waals surface area (Å²) >= 11 is 3.17. The van der Waals surface area contributed by atoms with Crippen molar-refractivity contribution >= 4 is 23.1 Å². The number of thiazole rings is 1. The van der Waals surface area contributed by atoms with Gasteiger partial charge in [0.15, 0.2) is 11.0 Å². The summed E-state index contributed by atoms with van der Waals surface area (Å²) in [6.07, 6.45) is 4.52. The van der Waals surface area contributed by atoms with E-state index in [0.29, 0.717) is 18.1 Å². The lowest BCUT2D eigenvalue weighted by Gasteiger charge is -2.08. The molecule has 3 aromatic heterocycles. The van der Waals surface area contributed by atoms with Gasteiger partial charge in [0.1, 0.15) is 23.2 Å². The average Bonchev–Trinajstić information content (AvgIpc) is 3.40. The minimum Gasteiger partial charge on any atom is -0.486 e. The van der Waals surface area contributed by atoms with Gasteiger partial charge in [0.2, 0.25) is 0 Å². The van der Waals surface area contributed by atoms with Crippen LogP contribution < -0.4 is 4.74 Å². The van der Waals surface area contributed by atoms with E-state index in [1.54, 1.807) is 47.6 Å². The molecule has 0 spiro atoms. The molecule has 3 heterocycles. The average molecular weight is 442 g/mol. The Morgan fingerprint density at radius 2 is 1.90 bits per heavy atom. The van der Waals surface area contributed by atoms with Crippen LogP contribution in [0.1, 0.15) is 24.0 Å². The third-order valence-electron chi connectivity index (χ3n) is 4.23. The largest absolute Gasteiger partial charge is 0.486 e. The number of ether oxygens (including phenoxy) is 1. The normalized spacial score (nSPS) is 11.0. The van der Waals surface area contributed by atoms with Crippen LogP contribution in [0, 0.1) is 5.82 Å². The fraction of sp³-hybridized carbons (Fsp3) is 0.238. The van der Waals surface area contributed by atoms with Crippen molar-refractivity contribution in [1.82, 2.24) is 24.7 Å². The summed E-state index contributed by atoms with van der Waals surface area (Å²) in [6, 6.07) is 9.87. The van der Waals surface area contributed by atoms with E-state index < -0.39 is 0 Å². The number of aromatic nitrogens is 5. The molecule has 0 saturated heterocycles. The van der Waals surface area contributed by atoms with Gasteiger partial charge in [-0.05, 0) is 42.8 Å². The summed E-state index contributed by atoms with van der Waals surface area (Å²) in [5.41, 5.74) is 1.98. The van der Waals surface area contributed by atoms with Crippen LogP contribution in [-0.4, -0.2) is 24.7 Å². The molecular formula is C21H20FN5OS2. The van der Waals surface area contributed by atoms with Gasteiger partial charge in [-0.1, -0.05) is 18.7 Å². The summed E-state index contributed by atoms with van der Waals surface area (Å²) in [5.74, 6) is 1.90. The highest BCUT2D eigenvalue weighted by molar-refractivity contribution is 7.98. The lowest BCUT2D eigenvalue weighted by Crippen LogP contribution is -2.02. The van der Waals surface area contributed by atoms with Crippen LogP contribution in [0.25, 0.3) is 11.4 Å². The fourth-order valence-electron chi connectivity index (χ4n) is 2.83. The van der Waals surface area contributed by atoms with Crippen molar-refractivity contribution in [1.29, 1.82) is 0 Å². The van der Waals surface area contributed by atoms with Crippen LogP contribution in [-0.2, 0) is 18.9 Å². The topological polar surface area (TPSA) is 65.7 Å². The summed E-state index contributed by atoms with van der Waals surface area (Å²) in [5, 5.41) is 12.6. The monoisotopic (exact) mass is 441 g/mol. The second-order valence-electron chi connectivity index (χ2n) is 6.46. The van der Waals surface area contributed by atoms with Crippen molar-refractivity contribution < 1.29 is 9.13 Å². The van der Waals surface area contributed by atoms with E-state index in [9.17, 15) is 4.39 Å². The van der Waals surface area contributed by atoms with E-state index in [4.69, 9.17) is 4.74 Å². The number of halogens is 1. The van der Waals surface area contributed by atoms with E-state index >= 15 is 0 Å². The van der Waals surface area contributed by atoms with Crippen molar-refractivity contribution in [3.63, 3.8) is 0 Å². The molecular weight excluding hydrogens is 421 g/mol. The van der Waals surface area contributed by atoms with E-state index in [1.165, 1.54) is 12.1 Å². The van der Waals surface area contributed by atoms with Gasteiger partial charge in [0, 0.05) is 35.6 Å². The van der Waals surface area contributed by atoms with E-state index in [0.717, 1.165) is 40.2 Å². The Labute approximate surface area is 182 Å². The lowest BCUT2D eigenvalue weighted by atomic mass is 10.2. The van der Waals surface area contributed by atoms with E-state index in [1.807, 2.05) is 17.5 Å². The number of pyridine rings is 1. The van der Waals surface area contributed by atoms with Crippen molar-refractivity contribution in [3.05, 3.63) is 70.7 Å². The smallest absolute Gasteiger partial charge is 0.191 e. The van der Waals surface area contributed by atoms with Gasteiger partial charge < -0.3 is 9.30 Å². The molecule has 0 amide bonds. The molecule has 6 nitrogen and oxygen atoms in total. The highest BCUT2D eigenvalue weighted by Gasteiger charge is 2.14. The summed E-state index contributed by atoms with van der Waals surface area (Å²) in [7, 11) is 0. The summed E-state index contributed by atoms with van der Waals surface area (Å²) < 4.78 is 20.8. The molecule has 0 N–H and O–H groups in total. The molecule has 30 heavy (non-hydrogen) atoms. The van der Waals surface area contributed by atoms with Gasteiger partial charge in [-0.15, -0.1) is 21.5 Å². The molecule has 4 rings (SSSR count). The number of nitrogens with zero attached hydrogens (tertiary/aromatic N) is 5. The van der Waals surface area contributed by atoms with Gasteiger partial charge in [0.05, 0.1) is 5.69 Å².